The molecule has 2 heterocycles. The van der Waals surface area contributed by atoms with Crippen molar-refractivity contribution in [2.75, 3.05) is 25.6 Å². The Balaban J connectivity index is 1.64. The zero-order valence-corrected chi connectivity index (χ0v) is 14.4. The maximum atomic E-state index is 14.1. The van der Waals surface area contributed by atoms with Crippen molar-refractivity contribution in [2.45, 2.75) is 32.2 Å². The van der Waals surface area contributed by atoms with Crippen molar-refractivity contribution >= 4 is 11.6 Å². The molecule has 0 radical (unpaired) electrons. The SMILES string of the molecule is Fc1cc(-c2nc(CN3CCCCC3)co2)ccc1OCCCCl. The smallest absolute Gasteiger partial charge is 0.226 e. The number of halogens is 2. The molecule has 1 fully saturated rings. The molecule has 0 aliphatic carbocycles. The highest BCUT2D eigenvalue weighted by Crippen LogP contribution is 2.26. The fourth-order valence-electron chi connectivity index (χ4n) is 2.85. The largest absolute Gasteiger partial charge is 0.490 e. The lowest BCUT2D eigenvalue weighted by molar-refractivity contribution is 0.218. The Morgan fingerprint density at radius 1 is 1.25 bits per heavy atom. The van der Waals surface area contributed by atoms with E-state index < -0.39 is 5.82 Å². The average Bonchev–Trinajstić information content (AvgIpc) is 3.06. The molecule has 1 saturated heterocycles. The maximum Gasteiger partial charge on any atom is 0.226 e. The standard InChI is InChI=1S/C18H22ClFN2O2/c19-7-4-10-23-17-6-5-14(11-16(17)20)18-21-15(13-24-18)12-22-8-2-1-3-9-22/h5-6,11,13H,1-4,7-10,12H2. The van der Waals surface area contributed by atoms with Crippen LogP contribution in [0.15, 0.2) is 28.9 Å². The molecule has 3 rings (SSSR count). The van der Waals surface area contributed by atoms with Gasteiger partial charge in [0.25, 0.3) is 0 Å². The predicted octanol–water partition coefficient (Wildman–Crippen LogP) is 4.47. The third kappa shape index (κ3) is 4.48. The molecule has 6 heteroatoms. The molecule has 1 aliphatic heterocycles. The molecule has 2 aromatic rings. The van der Waals surface area contributed by atoms with E-state index in [2.05, 4.69) is 9.88 Å². The van der Waals surface area contributed by atoms with Gasteiger partial charge in [0.1, 0.15) is 6.26 Å². The molecule has 1 aliphatic rings. The quantitative estimate of drug-likeness (QED) is 0.544. The first-order chi connectivity index (χ1) is 11.8. The summed E-state index contributed by atoms with van der Waals surface area (Å²) in [6.45, 7) is 3.39. The molecule has 1 aromatic heterocycles. The van der Waals surface area contributed by atoms with Gasteiger partial charge in [-0.3, -0.25) is 4.90 Å². The van der Waals surface area contributed by atoms with Gasteiger partial charge in [0.2, 0.25) is 5.89 Å². The number of nitrogens with zero attached hydrogens (tertiary/aromatic N) is 2. The summed E-state index contributed by atoms with van der Waals surface area (Å²) in [6, 6.07) is 4.76. The molecule has 24 heavy (non-hydrogen) atoms. The van der Waals surface area contributed by atoms with Gasteiger partial charge >= 0.3 is 0 Å². The second kappa shape index (κ2) is 8.49. The van der Waals surface area contributed by atoms with Crippen LogP contribution in [-0.2, 0) is 6.54 Å². The van der Waals surface area contributed by atoms with Crippen molar-refractivity contribution in [3.8, 4) is 17.2 Å². The van der Waals surface area contributed by atoms with Crippen LogP contribution in [0.1, 0.15) is 31.4 Å². The molecule has 0 saturated carbocycles. The summed E-state index contributed by atoms with van der Waals surface area (Å²) in [6.07, 6.45) is 6.12. The monoisotopic (exact) mass is 352 g/mol. The number of benzene rings is 1. The van der Waals surface area contributed by atoms with E-state index in [1.807, 2.05) is 0 Å². The number of rotatable bonds is 7. The minimum Gasteiger partial charge on any atom is -0.490 e. The normalized spacial score (nSPS) is 15.6. The first-order valence-corrected chi connectivity index (χ1v) is 8.95. The third-order valence-corrected chi connectivity index (χ3v) is 4.37. The Hall–Kier alpha value is -1.59. The van der Waals surface area contributed by atoms with Crippen LogP contribution in [0, 0.1) is 5.82 Å². The Morgan fingerprint density at radius 2 is 2.08 bits per heavy atom. The average molecular weight is 353 g/mol. The highest BCUT2D eigenvalue weighted by atomic mass is 35.5. The van der Waals surface area contributed by atoms with Gasteiger partial charge in [-0.2, -0.15) is 0 Å². The van der Waals surface area contributed by atoms with Crippen LogP contribution < -0.4 is 4.74 Å². The van der Waals surface area contributed by atoms with Crippen LogP contribution in [-0.4, -0.2) is 35.5 Å². The number of hydrogen-bond donors (Lipinski definition) is 0. The Morgan fingerprint density at radius 3 is 2.83 bits per heavy atom. The van der Waals surface area contributed by atoms with Crippen LogP contribution in [0.5, 0.6) is 5.75 Å². The fraction of sp³-hybridized carbons (Fsp3) is 0.500. The van der Waals surface area contributed by atoms with Crippen LogP contribution in [0.2, 0.25) is 0 Å². The lowest BCUT2D eigenvalue weighted by Gasteiger charge is -2.25. The van der Waals surface area contributed by atoms with Crippen LogP contribution in [0.25, 0.3) is 11.5 Å². The molecule has 0 N–H and O–H groups in total. The summed E-state index contributed by atoms with van der Waals surface area (Å²) in [5.74, 6) is 0.741. The van der Waals surface area contributed by atoms with E-state index in [0.717, 1.165) is 25.3 Å². The van der Waals surface area contributed by atoms with Gasteiger partial charge in [-0.05, 0) is 50.6 Å². The number of likely N-dealkylation sites (tertiary alicyclic amines) is 1. The van der Waals surface area contributed by atoms with E-state index in [9.17, 15) is 4.39 Å². The third-order valence-electron chi connectivity index (χ3n) is 4.10. The van der Waals surface area contributed by atoms with Crippen molar-refractivity contribution in [3.63, 3.8) is 0 Å². The van der Waals surface area contributed by atoms with Crippen LogP contribution >= 0.6 is 11.6 Å². The molecule has 4 nitrogen and oxygen atoms in total. The minimum absolute atomic E-state index is 0.226. The topological polar surface area (TPSA) is 38.5 Å². The molecule has 130 valence electrons. The van der Waals surface area contributed by atoms with Gasteiger partial charge in [-0.25, -0.2) is 9.37 Å². The van der Waals surface area contributed by atoms with Gasteiger partial charge in [-0.1, -0.05) is 6.42 Å². The second-order valence-corrected chi connectivity index (χ2v) is 6.39. The zero-order valence-electron chi connectivity index (χ0n) is 13.6. The number of oxazole rings is 1. The number of hydrogen-bond acceptors (Lipinski definition) is 4. The lowest BCUT2D eigenvalue weighted by Crippen LogP contribution is -2.29. The zero-order chi connectivity index (χ0) is 16.8. The highest BCUT2D eigenvalue weighted by molar-refractivity contribution is 6.17. The van der Waals surface area contributed by atoms with Crippen LogP contribution in [0.3, 0.4) is 0 Å². The molecule has 0 spiro atoms. The predicted molar refractivity (Wildman–Crippen MR) is 91.9 cm³/mol. The van der Waals surface area contributed by atoms with Gasteiger partial charge in [-0.15, -0.1) is 11.6 Å². The summed E-state index contributed by atoms with van der Waals surface area (Å²) in [7, 11) is 0. The Bertz CT molecular complexity index is 656. The first kappa shape index (κ1) is 17.2. The number of piperidine rings is 1. The maximum absolute atomic E-state index is 14.1. The summed E-state index contributed by atoms with van der Waals surface area (Å²) >= 11 is 5.59. The molecule has 0 amide bonds. The molecule has 0 unspecified atom stereocenters. The van der Waals surface area contributed by atoms with Crippen LogP contribution in [0.4, 0.5) is 4.39 Å². The number of ether oxygens (including phenoxy) is 1. The van der Waals surface area contributed by atoms with Gasteiger partial charge in [0, 0.05) is 18.0 Å². The number of aromatic nitrogens is 1. The molecule has 1 aromatic carbocycles. The van der Waals surface area contributed by atoms with Gasteiger partial charge < -0.3 is 9.15 Å². The Kier molecular flexibility index (Phi) is 6.10. The molecular weight excluding hydrogens is 331 g/mol. The summed E-state index contributed by atoms with van der Waals surface area (Å²) in [5, 5.41) is 0. The van der Waals surface area contributed by atoms with Crippen molar-refractivity contribution < 1.29 is 13.5 Å². The van der Waals surface area contributed by atoms with Gasteiger partial charge in [0.05, 0.1) is 12.3 Å². The van der Waals surface area contributed by atoms with Gasteiger partial charge in [0.15, 0.2) is 11.6 Å². The van der Waals surface area contributed by atoms with Crippen molar-refractivity contribution in [3.05, 3.63) is 36.0 Å². The fourth-order valence-corrected chi connectivity index (χ4v) is 2.96. The van der Waals surface area contributed by atoms with Crippen molar-refractivity contribution in [1.82, 2.24) is 9.88 Å². The van der Waals surface area contributed by atoms with E-state index in [4.69, 9.17) is 20.8 Å². The summed E-state index contributed by atoms with van der Waals surface area (Å²) < 4.78 is 25.0. The first-order valence-electron chi connectivity index (χ1n) is 8.42. The van der Waals surface area contributed by atoms with Crippen molar-refractivity contribution in [2.24, 2.45) is 0 Å². The van der Waals surface area contributed by atoms with E-state index in [1.54, 1.807) is 18.4 Å². The van der Waals surface area contributed by atoms with Crippen molar-refractivity contribution in [1.29, 1.82) is 0 Å². The Labute approximate surface area is 146 Å². The van der Waals surface area contributed by atoms with E-state index in [-0.39, 0.29) is 5.75 Å². The van der Waals surface area contributed by atoms with E-state index >= 15 is 0 Å². The second-order valence-electron chi connectivity index (χ2n) is 6.02. The summed E-state index contributed by atoms with van der Waals surface area (Å²) in [4.78, 5) is 6.86. The molecular formula is C18H22ClFN2O2. The molecule has 0 atom stereocenters. The molecule has 0 bridgehead atoms. The van der Waals surface area contributed by atoms with E-state index in [1.165, 1.54) is 25.3 Å². The summed E-state index contributed by atoms with van der Waals surface area (Å²) in [5.41, 5.74) is 1.50. The minimum atomic E-state index is -0.419. The highest BCUT2D eigenvalue weighted by Gasteiger charge is 2.15. The number of alkyl halides is 1. The van der Waals surface area contributed by atoms with E-state index in [0.29, 0.717) is 30.4 Å². The lowest BCUT2D eigenvalue weighted by atomic mass is 10.1.